The van der Waals surface area contributed by atoms with Crippen LogP contribution in [0.3, 0.4) is 0 Å². The van der Waals surface area contributed by atoms with E-state index < -0.39 is 0 Å². The Hall–Kier alpha value is -2.53. The van der Waals surface area contributed by atoms with E-state index in [0.29, 0.717) is 30.8 Å². The third-order valence-electron chi connectivity index (χ3n) is 3.93. The van der Waals surface area contributed by atoms with Crippen LogP contribution in [0.15, 0.2) is 48.5 Å². The third kappa shape index (κ3) is 3.14. The van der Waals surface area contributed by atoms with Crippen molar-refractivity contribution >= 4 is 11.8 Å². The standard InChI is InChI=1S/C18H17FN2O2/c1-20(12-13-5-4-6-14(19)11-13)9-10-21-17(22)15-7-2-3-8-16(15)18(21)23/h2-8,11H,9-10,12H2,1H3. The zero-order chi connectivity index (χ0) is 16.4. The second kappa shape index (κ2) is 6.30. The lowest BCUT2D eigenvalue weighted by Crippen LogP contribution is -2.36. The Morgan fingerprint density at radius 3 is 2.26 bits per heavy atom. The zero-order valence-electron chi connectivity index (χ0n) is 12.8. The highest BCUT2D eigenvalue weighted by atomic mass is 19.1. The van der Waals surface area contributed by atoms with Gasteiger partial charge in [0.05, 0.1) is 11.1 Å². The van der Waals surface area contributed by atoms with E-state index in [2.05, 4.69) is 0 Å². The number of hydrogen-bond donors (Lipinski definition) is 0. The predicted octanol–water partition coefficient (Wildman–Crippen LogP) is 2.55. The lowest BCUT2D eigenvalue weighted by Gasteiger charge is -2.20. The summed E-state index contributed by atoms with van der Waals surface area (Å²) in [7, 11) is 1.88. The van der Waals surface area contributed by atoms with Gasteiger partial charge in [0.25, 0.3) is 11.8 Å². The number of benzene rings is 2. The first-order chi connectivity index (χ1) is 11.1. The number of halogens is 1. The Morgan fingerprint density at radius 2 is 1.65 bits per heavy atom. The number of likely N-dealkylation sites (N-methyl/N-ethyl adjacent to an activating group) is 1. The molecule has 2 aromatic rings. The Balaban J connectivity index is 1.61. The molecule has 0 fully saturated rings. The van der Waals surface area contributed by atoms with E-state index in [-0.39, 0.29) is 17.6 Å². The summed E-state index contributed by atoms with van der Waals surface area (Å²) < 4.78 is 13.2. The average Bonchev–Trinajstić information content (AvgIpc) is 2.77. The molecule has 1 heterocycles. The average molecular weight is 312 g/mol. The van der Waals surface area contributed by atoms with Crippen molar-refractivity contribution in [2.45, 2.75) is 6.54 Å². The molecule has 118 valence electrons. The van der Waals surface area contributed by atoms with E-state index in [4.69, 9.17) is 0 Å². The maximum atomic E-state index is 13.2. The Kier molecular flexibility index (Phi) is 4.21. The highest BCUT2D eigenvalue weighted by molar-refractivity contribution is 6.21. The number of hydrogen-bond acceptors (Lipinski definition) is 3. The van der Waals surface area contributed by atoms with Crippen LogP contribution in [-0.4, -0.2) is 41.8 Å². The minimum Gasteiger partial charge on any atom is -0.300 e. The number of rotatable bonds is 5. The van der Waals surface area contributed by atoms with E-state index in [1.54, 1.807) is 30.3 Å². The van der Waals surface area contributed by atoms with Gasteiger partial charge in [0.15, 0.2) is 0 Å². The highest BCUT2D eigenvalue weighted by Gasteiger charge is 2.34. The Morgan fingerprint density at radius 1 is 1.00 bits per heavy atom. The molecule has 0 saturated heterocycles. The van der Waals surface area contributed by atoms with Gasteiger partial charge in [0.1, 0.15) is 5.82 Å². The SMILES string of the molecule is CN(CCN1C(=O)c2ccccc2C1=O)Cc1cccc(F)c1. The first-order valence-corrected chi connectivity index (χ1v) is 7.44. The molecule has 2 aromatic carbocycles. The molecule has 0 aliphatic carbocycles. The van der Waals surface area contributed by atoms with Crippen molar-refractivity contribution in [2.75, 3.05) is 20.1 Å². The summed E-state index contributed by atoms with van der Waals surface area (Å²) in [6.07, 6.45) is 0. The number of amides is 2. The van der Waals surface area contributed by atoms with Crippen LogP contribution in [0.25, 0.3) is 0 Å². The van der Waals surface area contributed by atoms with Crippen molar-refractivity contribution in [3.05, 3.63) is 71.0 Å². The van der Waals surface area contributed by atoms with Crippen LogP contribution in [0, 0.1) is 5.82 Å². The fourth-order valence-electron chi connectivity index (χ4n) is 2.74. The largest absolute Gasteiger partial charge is 0.300 e. The fraction of sp³-hybridized carbons (Fsp3) is 0.222. The Bertz CT molecular complexity index is 725. The molecule has 0 unspecified atom stereocenters. The van der Waals surface area contributed by atoms with Crippen molar-refractivity contribution in [3.63, 3.8) is 0 Å². The first-order valence-electron chi connectivity index (χ1n) is 7.44. The van der Waals surface area contributed by atoms with E-state index in [9.17, 15) is 14.0 Å². The van der Waals surface area contributed by atoms with Crippen LogP contribution >= 0.6 is 0 Å². The molecule has 1 aliphatic rings. The summed E-state index contributed by atoms with van der Waals surface area (Å²) >= 11 is 0. The number of fused-ring (bicyclic) bond motifs is 1. The van der Waals surface area contributed by atoms with Gasteiger partial charge in [0.2, 0.25) is 0 Å². The molecule has 3 rings (SSSR count). The maximum Gasteiger partial charge on any atom is 0.261 e. The van der Waals surface area contributed by atoms with Crippen LogP contribution in [0.2, 0.25) is 0 Å². The van der Waals surface area contributed by atoms with Crippen LogP contribution in [0.5, 0.6) is 0 Å². The van der Waals surface area contributed by atoms with Gasteiger partial charge in [-0.05, 0) is 36.9 Å². The van der Waals surface area contributed by atoms with Crippen LogP contribution in [0.1, 0.15) is 26.3 Å². The van der Waals surface area contributed by atoms with Gasteiger partial charge in [-0.3, -0.25) is 14.5 Å². The number of imide groups is 1. The second-order valence-corrected chi connectivity index (χ2v) is 5.68. The molecule has 0 N–H and O–H groups in total. The zero-order valence-corrected chi connectivity index (χ0v) is 12.8. The van der Waals surface area contributed by atoms with Crippen LogP contribution in [-0.2, 0) is 6.54 Å². The van der Waals surface area contributed by atoms with Gasteiger partial charge in [0, 0.05) is 19.6 Å². The first kappa shape index (κ1) is 15.4. The summed E-state index contributed by atoms with van der Waals surface area (Å²) in [4.78, 5) is 27.7. The topological polar surface area (TPSA) is 40.6 Å². The quantitative estimate of drug-likeness (QED) is 0.797. The summed E-state index contributed by atoms with van der Waals surface area (Å²) in [5.74, 6) is -0.759. The van der Waals surface area contributed by atoms with E-state index >= 15 is 0 Å². The van der Waals surface area contributed by atoms with E-state index in [0.717, 1.165) is 5.56 Å². The summed E-state index contributed by atoms with van der Waals surface area (Å²) in [6.45, 7) is 1.40. The van der Waals surface area contributed by atoms with Crippen LogP contribution in [0.4, 0.5) is 4.39 Å². The van der Waals surface area contributed by atoms with Crippen molar-refractivity contribution in [3.8, 4) is 0 Å². The molecule has 4 nitrogen and oxygen atoms in total. The lowest BCUT2D eigenvalue weighted by molar-refractivity contribution is 0.0640. The molecule has 5 heteroatoms. The number of carbonyl (C=O) groups is 2. The minimum atomic E-state index is -0.267. The van der Waals surface area contributed by atoms with Crippen molar-refractivity contribution in [1.29, 1.82) is 0 Å². The number of nitrogens with zero attached hydrogens (tertiary/aromatic N) is 2. The summed E-state index contributed by atoms with van der Waals surface area (Å²) in [5, 5.41) is 0. The minimum absolute atomic E-state index is 0.246. The van der Waals surface area contributed by atoms with Crippen molar-refractivity contribution < 1.29 is 14.0 Å². The molecule has 0 atom stereocenters. The van der Waals surface area contributed by atoms with Crippen LogP contribution < -0.4 is 0 Å². The van der Waals surface area contributed by atoms with Gasteiger partial charge >= 0.3 is 0 Å². The molecule has 2 amide bonds. The maximum absolute atomic E-state index is 13.2. The van der Waals surface area contributed by atoms with Gasteiger partial charge in [-0.2, -0.15) is 0 Å². The van der Waals surface area contributed by atoms with E-state index in [1.807, 2.05) is 18.0 Å². The summed E-state index contributed by atoms with van der Waals surface area (Å²) in [5.41, 5.74) is 1.78. The molecule has 0 radical (unpaired) electrons. The third-order valence-corrected chi connectivity index (χ3v) is 3.93. The monoisotopic (exact) mass is 312 g/mol. The highest BCUT2D eigenvalue weighted by Crippen LogP contribution is 2.22. The molecule has 0 aromatic heterocycles. The molecular weight excluding hydrogens is 295 g/mol. The van der Waals surface area contributed by atoms with Crippen molar-refractivity contribution in [2.24, 2.45) is 0 Å². The molecule has 23 heavy (non-hydrogen) atoms. The molecular formula is C18H17FN2O2. The van der Waals surface area contributed by atoms with Gasteiger partial charge in [-0.15, -0.1) is 0 Å². The summed E-state index contributed by atoms with van der Waals surface area (Å²) in [6, 6.07) is 13.3. The van der Waals surface area contributed by atoms with Gasteiger partial charge in [-0.1, -0.05) is 24.3 Å². The molecule has 0 spiro atoms. The van der Waals surface area contributed by atoms with Crippen molar-refractivity contribution in [1.82, 2.24) is 9.80 Å². The molecule has 0 bridgehead atoms. The van der Waals surface area contributed by atoms with Gasteiger partial charge < -0.3 is 4.90 Å². The fourth-order valence-corrected chi connectivity index (χ4v) is 2.74. The predicted molar refractivity (Wildman–Crippen MR) is 84.5 cm³/mol. The molecule has 1 aliphatic heterocycles. The normalized spacial score (nSPS) is 13.8. The Labute approximate surface area is 134 Å². The van der Waals surface area contributed by atoms with E-state index in [1.165, 1.54) is 17.0 Å². The second-order valence-electron chi connectivity index (χ2n) is 5.68. The van der Waals surface area contributed by atoms with Gasteiger partial charge in [-0.25, -0.2) is 4.39 Å². The molecule has 0 saturated carbocycles. The smallest absolute Gasteiger partial charge is 0.261 e. The number of carbonyl (C=O) groups excluding carboxylic acids is 2. The lowest BCUT2D eigenvalue weighted by atomic mass is 10.1.